The van der Waals surface area contributed by atoms with Crippen LogP contribution in [0.1, 0.15) is 31.1 Å². The zero-order chi connectivity index (χ0) is 19.0. The Kier molecular flexibility index (Phi) is 7.43. The number of hydrogen-bond acceptors (Lipinski definition) is 7. The normalized spacial score (nSPS) is 12.0. The monoisotopic (exact) mass is 369 g/mol. The minimum atomic E-state index is -1.36. The van der Waals surface area contributed by atoms with Crippen molar-refractivity contribution >= 4 is 34.9 Å². The Bertz CT molecular complexity index is 645. The van der Waals surface area contributed by atoms with Crippen molar-refractivity contribution in [2.45, 2.75) is 31.6 Å². The number of hydrogen-bond donors (Lipinski definition) is 2. The number of amides is 1. The molecule has 0 aromatic heterocycles. The molecule has 0 fully saturated rings. The summed E-state index contributed by atoms with van der Waals surface area (Å²) in [5, 5.41) is 11.0. The Hall–Kier alpha value is -2.55. The van der Waals surface area contributed by atoms with Crippen molar-refractivity contribution in [3.05, 3.63) is 35.9 Å². The molecule has 1 aromatic rings. The lowest BCUT2D eigenvalue weighted by Crippen LogP contribution is -2.53. The van der Waals surface area contributed by atoms with Gasteiger partial charge in [0.1, 0.15) is 6.04 Å². The summed E-state index contributed by atoms with van der Waals surface area (Å²) in [5.74, 6) is -2.49. The lowest BCUT2D eigenvalue weighted by atomic mass is 10.0. The summed E-state index contributed by atoms with van der Waals surface area (Å²) in [6, 6.07) is 6.76. The first-order valence-corrected chi connectivity index (χ1v) is 8.03. The van der Waals surface area contributed by atoms with E-state index in [-0.39, 0.29) is 0 Å². The van der Waals surface area contributed by atoms with Crippen LogP contribution >= 0.6 is 11.8 Å². The number of carboxylic acids is 1. The van der Waals surface area contributed by atoms with Crippen LogP contribution in [0.4, 0.5) is 4.79 Å². The van der Waals surface area contributed by atoms with Crippen molar-refractivity contribution in [3.8, 4) is 0 Å². The van der Waals surface area contributed by atoms with Gasteiger partial charge in [-0.15, -0.1) is 0 Å². The molecule has 0 spiro atoms. The van der Waals surface area contributed by atoms with Gasteiger partial charge in [-0.25, -0.2) is 9.59 Å². The summed E-state index contributed by atoms with van der Waals surface area (Å²) in [4.78, 5) is 46.1. The number of nitrogens with one attached hydrogen (secondary N) is 1. The molecule has 1 aromatic carbocycles. The number of rotatable bonds is 7. The van der Waals surface area contributed by atoms with Crippen LogP contribution in [-0.2, 0) is 19.1 Å². The Labute approximate surface area is 148 Å². The van der Waals surface area contributed by atoms with Gasteiger partial charge in [-0.1, -0.05) is 18.2 Å². The molecule has 8 nitrogen and oxygen atoms in total. The molecule has 1 atom stereocenters. The van der Waals surface area contributed by atoms with Gasteiger partial charge in [0.15, 0.2) is 0 Å². The second-order valence-electron chi connectivity index (χ2n) is 5.46. The van der Waals surface area contributed by atoms with Gasteiger partial charge >= 0.3 is 17.2 Å². The molecule has 25 heavy (non-hydrogen) atoms. The number of carboxylic acid groups (broad SMARTS) is 1. The summed E-state index contributed by atoms with van der Waals surface area (Å²) >= 11 is 0.579. The number of aliphatic carboxylic acids is 1. The third-order valence-electron chi connectivity index (χ3n) is 3.04. The molecule has 0 heterocycles. The minimum Gasteiger partial charge on any atom is -0.480 e. The van der Waals surface area contributed by atoms with E-state index in [0.717, 1.165) is 6.92 Å². The quantitative estimate of drug-likeness (QED) is 0.553. The average Bonchev–Trinajstić information content (AvgIpc) is 2.51. The first kappa shape index (κ1) is 20.5. The highest BCUT2D eigenvalue weighted by molar-refractivity contribution is 8.14. The first-order chi connectivity index (χ1) is 11.6. The predicted molar refractivity (Wildman–Crippen MR) is 90.1 cm³/mol. The van der Waals surface area contributed by atoms with Crippen LogP contribution in [0, 0.1) is 0 Å². The molecule has 1 amide bonds. The van der Waals surface area contributed by atoms with E-state index in [1.165, 1.54) is 13.8 Å². The molecule has 136 valence electrons. The van der Waals surface area contributed by atoms with Crippen LogP contribution in [0.3, 0.4) is 0 Å². The van der Waals surface area contributed by atoms with Crippen molar-refractivity contribution in [2.24, 2.45) is 0 Å². The molecule has 0 saturated carbocycles. The molecule has 1 rings (SSSR count). The Balaban J connectivity index is 2.75. The zero-order valence-corrected chi connectivity index (χ0v) is 14.8. The maximum Gasteiger partial charge on any atom is 0.370 e. The second-order valence-corrected chi connectivity index (χ2v) is 7.05. The molecule has 2 N–H and O–H groups in total. The number of ether oxygens (including phenoxy) is 2. The highest BCUT2D eigenvalue weighted by Gasteiger charge is 2.40. The molecule has 0 aliphatic carbocycles. The van der Waals surface area contributed by atoms with E-state index in [1.807, 2.05) is 0 Å². The maximum absolute atomic E-state index is 12.2. The number of carbonyl (C=O) groups excluding carboxylic acids is 3. The fraction of sp³-hybridized carbons (Fsp3) is 0.375. The van der Waals surface area contributed by atoms with Crippen LogP contribution in [0.15, 0.2) is 30.3 Å². The van der Waals surface area contributed by atoms with E-state index in [4.69, 9.17) is 0 Å². The Morgan fingerprint density at radius 1 is 1.16 bits per heavy atom. The molecule has 9 heteroatoms. The highest BCUT2D eigenvalue weighted by Crippen LogP contribution is 2.30. The largest absolute Gasteiger partial charge is 0.480 e. The van der Waals surface area contributed by atoms with Crippen LogP contribution in [-0.4, -0.2) is 45.8 Å². The van der Waals surface area contributed by atoms with Crippen molar-refractivity contribution < 1.29 is 33.8 Å². The van der Waals surface area contributed by atoms with Gasteiger partial charge in [0.2, 0.25) is 6.79 Å². The van der Waals surface area contributed by atoms with Crippen molar-refractivity contribution in [2.75, 3.05) is 6.79 Å². The van der Waals surface area contributed by atoms with Crippen LogP contribution in [0.25, 0.3) is 0 Å². The average molecular weight is 369 g/mol. The van der Waals surface area contributed by atoms with Gasteiger partial charge in [0.05, 0.1) is 4.75 Å². The standard InChI is InChI=1S/C16H19NO7S/c1-10(18)23-9-24-15(22)25-16(2,3)12(14(20)21)17-13(19)11-7-5-4-6-8-11/h4-8,12H,9H2,1-3H3,(H,17,19)(H,20,21)/t12-/m0/s1. The molecular weight excluding hydrogens is 350 g/mol. The fourth-order valence-electron chi connectivity index (χ4n) is 1.80. The smallest absolute Gasteiger partial charge is 0.370 e. The summed E-state index contributed by atoms with van der Waals surface area (Å²) in [6.45, 7) is 3.56. The zero-order valence-electron chi connectivity index (χ0n) is 14.0. The number of benzene rings is 1. The molecule has 0 aliphatic rings. The molecule has 0 radical (unpaired) electrons. The predicted octanol–water partition coefficient (Wildman–Crippen LogP) is 2.04. The Morgan fingerprint density at radius 2 is 1.76 bits per heavy atom. The minimum absolute atomic E-state index is 0.298. The molecule has 0 bridgehead atoms. The molecule has 0 unspecified atom stereocenters. The summed E-state index contributed by atoms with van der Waals surface area (Å²) in [6.07, 6.45) is 0. The number of thioether (sulfide) groups is 1. The number of carbonyl (C=O) groups is 4. The number of esters is 1. The SMILES string of the molecule is CC(=O)OCOC(=O)SC(C)(C)[C@@H](NC(=O)c1ccccc1)C(=O)O. The van der Waals surface area contributed by atoms with E-state index < -0.39 is 40.7 Å². The summed E-state index contributed by atoms with van der Waals surface area (Å²) < 4.78 is 7.94. The van der Waals surface area contributed by atoms with Gasteiger partial charge in [-0.2, -0.15) is 0 Å². The first-order valence-electron chi connectivity index (χ1n) is 7.21. The lowest BCUT2D eigenvalue weighted by molar-refractivity contribution is -0.148. The van der Waals surface area contributed by atoms with E-state index in [0.29, 0.717) is 17.3 Å². The van der Waals surface area contributed by atoms with Crippen molar-refractivity contribution in [3.63, 3.8) is 0 Å². The van der Waals surface area contributed by atoms with Gasteiger partial charge in [0, 0.05) is 12.5 Å². The van der Waals surface area contributed by atoms with E-state index in [9.17, 15) is 24.3 Å². The van der Waals surface area contributed by atoms with Gasteiger partial charge in [0.25, 0.3) is 5.91 Å². The van der Waals surface area contributed by atoms with Crippen LogP contribution < -0.4 is 5.32 Å². The molecular formula is C16H19NO7S. The molecule has 0 saturated heterocycles. The lowest BCUT2D eigenvalue weighted by Gasteiger charge is -2.30. The maximum atomic E-state index is 12.2. The van der Waals surface area contributed by atoms with Crippen LogP contribution in [0.5, 0.6) is 0 Å². The van der Waals surface area contributed by atoms with Gasteiger partial charge in [-0.3, -0.25) is 9.59 Å². The summed E-state index contributed by atoms with van der Waals surface area (Å²) in [7, 11) is 0. The van der Waals surface area contributed by atoms with Crippen LogP contribution in [0.2, 0.25) is 0 Å². The van der Waals surface area contributed by atoms with Gasteiger partial charge < -0.3 is 19.9 Å². The van der Waals surface area contributed by atoms with E-state index in [2.05, 4.69) is 14.8 Å². The Morgan fingerprint density at radius 3 is 2.28 bits per heavy atom. The second kappa shape index (κ2) is 9.07. The van der Waals surface area contributed by atoms with E-state index in [1.54, 1.807) is 30.3 Å². The molecule has 0 aliphatic heterocycles. The van der Waals surface area contributed by atoms with Gasteiger partial charge in [-0.05, 0) is 37.7 Å². The van der Waals surface area contributed by atoms with E-state index >= 15 is 0 Å². The van der Waals surface area contributed by atoms with Crippen molar-refractivity contribution in [1.82, 2.24) is 5.32 Å². The van der Waals surface area contributed by atoms with Crippen molar-refractivity contribution in [1.29, 1.82) is 0 Å². The third kappa shape index (κ3) is 6.84. The topological polar surface area (TPSA) is 119 Å². The highest BCUT2D eigenvalue weighted by atomic mass is 32.2. The summed E-state index contributed by atoms with van der Waals surface area (Å²) in [5.41, 5.74) is 0.298. The fourth-order valence-corrected chi connectivity index (χ4v) is 2.61. The third-order valence-corrected chi connectivity index (χ3v) is 4.09.